The Morgan fingerprint density at radius 3 is 1.15 bits per heavy atom. The third kappa shape index (κ3) is 13.9. The van der Waals surface area contributed by atoms with Crippen LogP contribution in [0.25, 0.3) is 98.4 Å². The normalized spacial score (nSPS) is 20.4. The highest BCUT2D eigenvalue weighted by Crippen LogP contribution is 2.54. The first kappa shape index (κ1) is 82.3. The van der Waals surface area contributed by atoms with E-state index in [9.17, 15) is 41.9 Å². The Morgan fingerprint density at radius 1 is 0.427 bits per heavy atom. The predicted octanol–water partition coefficient (Wildman–Crippen LogP) is 13.6. The number of nitrogens with zero attached hydrogens (tertiary/aromatic N) is 15. The van der Waals surface area contributed by atoms with Crippen molar-refractivity contribution in [2.24, 2.45) is 16.2 Å². The number of carbonyl (C=O) groups is 3. The average Bonchev–Trinajstić information content (AvgIpc) is 1.42. The number of benzene rings is 6. The van der Waals surface area contributed by atoms with Gasteiger partial charge in [0.25, 0.3) is 0 Å². The predicted molar refractivity (Wildman–Crippen MR) is 482 cm³/mol. The van der Waals surface area contributed by atoms with Gasteiger partial charge < -0.3 is 43.6 Å². The van der Waals surface area contributed by atoms with E-state index >= 15 is 0 Å². The zero-order chi connectivity index (χ0) is 86.3. The number of ether oxygens (including phenoxy) is 3. The lowest BCUT2D eigenvalue weighted by Crippen LogP contribution is -2.58. The molecule has 0 bridgehead atoms. The van der Waals surface area contributed by atoms with Gasteiger partial charge in [0.15, 0.2) is 0 Å². The zero-order valence-corrected chi connectivity index (χ0v) is 72.4. The molecule has 15 heterocycles. The van der Waals surface area contributed by atoms with E-state index in [4.69, 9.17) is 24.2 Å². The van der Waals surface area contributed by atoms with Crippen LogP contribution in [0.15, 0.2) is 177 Å². The van der Waals surface area contributed by atoms with Crippen LogP contribution in [0.2, 0.25) is 0 Å². The number of hydrogen-bond acceptors (Lipinski definition) is 21. The number of rotatable bonds is 9. The first-order chi connectivity index (χ1) is 59.8. The molecule has 30 heteroatoms. The first-order valence-electron chi connectivity index (χ1n) is 41.8. The van der Waals surface area contributed by atoms with Gasteiger partial charge in [0.05, 0.1) is 56.2 Å². The molecule has 636 valence electrons. The molecular weight excluding hydrogens is 1640 g/mol. The standard InChI is InChI=1S/2C32H32FN5O3S.C30H28FN5O3S/c1-5-26(39)36-12-20(4)37(13-19(36)3)30-23-10-18(2)27(22-6-7-25(33)21-8-9-34-11-24(21)22)29-28(23)38(31(40)35-30)14-32(17-42-29)15-41-16-32;1-5-26(39)38-19(3)12-36(13-20(38)4)30-23-10-18(2)27(22-6-7-25(33)21-8-9-34-11-24(21)22)29-28(23)37(31(40)35-30)14-32(17-42-29)15-41-16-32;1-3-24(37)34-8-10-35(11-9-34)28-21-12-18(2)25(20-4-5-23(31)19-6-7-32-13-22(19)20)27-26(21)36(29(38)33-28)14-30(17-40-27)15-39-16-30/h2*5-11,19-20H,1,12-17H2,2-4H3;3-7,12-13H,1,8-11,14-17H2,2H3/t2*19-,20+;/m1../s1. The van der Waals surface area contributed by atoms with Crippen molar-refractivity contribution in [1.82, 2.24) is 58.3 Å². The number of aromatic nitrogens is 9. The summed E-state index contributed by atoms with van der Waals surface area (Å²) in [6, 6.07) is 21.1. The molecule has 3 spiro atoms. The molecule has 0 radical (unpaired) electrons. The monoisotopic (exact) mass is 1730 g/mol. The van der Waals surface area contributed by atoms with E-state index in [2.05, 4.69) is 100 Å². The summed E-state index contributed by atoms with van der Waals surface area (Å²) < 4.78 is 66.9. The molecule has 6 aromatic heterocycles. The highest BCUT2D eigenvalue weighted by atomic mass is 32.2. The fourth-order valence-corrected chi connectivity index (χ4v) is 24.4. The van der Waals surface area contributed by atoms with Gasteiger partial charge in [-0.3, -0.25) is 43.0 Å². The van der Waals surface area contributed by atoms with E-state index in [1.807, 2.05) is 62.5 Å². The van der Waals surface area contributed by atoms with E-state index in [0.29, 0.717) is 145 Å². The Balaban J connectivity index is 0.000000122. The molecule has 3 amide bonds. The molecule has 0 unspecified atom stereocenters. The first-order valence-corrected chi connectivity index (χ1v) is 44.8. The highest BCUT2D eigenvalue weighted by Gasteiger charge is 2.47. The van der Waals surface area contributed by atoms with Gasteiger partial charge in [0, 0.05) is 247 Å². The van der Waals surface area contributed by atoms with Gasteiger partial charge in [-0.1, -0.05) is 37.9 Å². The maximum atomic E-state index is 14.9. The van der Waals surface area contributed by atoms with Crippen molar-refractivity contribution in [1.29, 1.82) is 0 Å². The third-order valence-electron chi connectivity index (χ3n) is 26.2. The Kier molecular flexibility index (Phi) is 21.3. The van der Waals surface area contributed by atoms with E-state index in [1.165, 1.54) is 36.4 Å². The van der Waals surface area contributed by atoms with Crippen molar-refractivity contribution in [3.05, 3.63) is 214 Å². The van der Waals surface area contributed by atoms with Gasteiger partial charge >= 0.3 is 17.1 Å². The molecule has 6 fully saturated rings. The Bertz CT molecular complexity index is 6730. The number of fused-ring (bicyclic) bond motifs is 3. The number of hydrogen-bond donors (Lipinski definition) is 0. The fourth-order valence-electron chi connectivity index (χ4n) is 19.9. The summed E-state index contributed by atoms with van der Waals surface area (Å²) in [5.41, 5.74) is 9.89. The molecular formula is C94H92F3N15O9S3. The molecule has 24 nitrogen and oxygen atoms in total. The van der Waals surface area contributed by atoms with Crippen LogP contribution >= 0.6 is 35.3 Å². The van der Waals surface area contributed by atoms with Crippen molar-refractivity contribution in [3.63, 3.8) is 0 Å². The second-order valence-electron chi connectivity index (χ2n) is 34.8. The number of thioether (sulfide) groups is 3. The summed E-state index contributed by atoms with van der Waals surface area (Å²) in [6.07, 6.45) is 14.0. The lowest BCUT2D eigenvalue weighted by molar-refractivity contribution is -0.131. The van der Waals surface area contributed by atoms with E-state index < -0.39 is 0 Å². The minimum absolute atomic E-state index is 0.0595. The Hall–Kier alpha value is -11.3. The summed E-state index contributed by atoms with van der Waals surface area (Å²) in [6.45, 7) is 34.7. The van der Waals surface area contributed by atoms with E-state index in [1.54, 1.807) is 95.6 Å². The smallest absolute Gasteiger partial charge is 0.350 e. The van der Waals surface area contributed by atoms with Crippen LogP contribution < -0.4 is 31.8 Å². The summed E-state index contributed by atoms with van der Waals surface area (Å²) in [7, 11) is 0. The topological polar surface area (TPSA) is 242 Å². The molecule has 6 saturated heterocycles. The van der Waals surface area contributed by atoms with Gasteiger partial charge in [-0.05, 0) is 155 Å². The van der Waals surface area contributed by atoms with Crippen LogP contribution in [0.1, 0.15) is 44.4 Å². The average molecular weight is 1730 g/mol. The largest absolute Gasteiger partial charge is 0.380 e. The van der Waals surface area contributed by atoms with Crippen molar-refractivity contribution in [3.8, 4) is 33.4 Å². The van der Waals surface area contributed by atoms with Crippen LogP contribution in [0, 0.1) is 54.5 Å². The summed E-state index contributed by atoms with van der Waals surface area (Å²) in [4.78, 5) is 121. The van der Waals surface area contributed by atoms with Crippen molar-refractivity contribution in [2.75, 3.05) is 124 Å². The number of amides is 3. The van der Waals surface area contributed by atoms with Crippen LogP contribution in [-0.4, -0.2) is 209 Å². The highest BCUT2D eigenvalue weighted by molar-refractivity contribution is 8.00. The number of carbonyl (C=O) groups excluding carboxylic acids is 3. The minimum Gasteiger partial charge on any atom is -0.380 e. The molecule has 4 atom stereocenters. The van der Waals surface area contributed by atoms with Gasteiger partial charge in [0.2, 0.25) is 17.7 Å². The van der Waals surface area contributed by atoms with Crippen LogP contribution in [0.5, 0.6) is 0 Å². The lowest BCUT2D eigenvalue weighted by atomic mass is 9.88. The Morgan fingerprint density at radius 2 is 0.790 bits per heavy atom. The van der Waals surface area contributed by atoms with Gasteiger partial charge in [-0.25, -0.2) is 27.6 Å². The number of aryl methyl sites for hydroxylation is 3. The second-order valence-corrected chi connectivity index (χ2v) is 37.8. The maximum Gasteiger partial charge on any atom is 0.350 e. The molecule has 0 aliphatic carbocycles. The molecule has 21 rings (SSSR count). The Labute approximate surface area is 725 Å². The quantitative estimate of drug-likeness (QED) is 0.122. The molecule has 12 aromatic rings. The van der Waals surface area contributed by atoms with Crippen LogP contribution in [0.3, 0.4) is 0 Å². The maximum absolute atomic E-state index is 14.9. The van der Waals surface area contributed by atoms with E-state index in [-0.39, 0.29) is 92.7 Å². The molecule has 0 saturated carbocycles. The molecule has 6 aromatic carbocycles. The molecule has 9 aliphatic rings. The summed E-state index contributed by atoms with van der Waals surface area (Å²) in [5.74, 6) is 3.15. The summed E-state index contributed by atoms with van der Waals surface area (Å²) >= 11 is 5.22. The number of piperazine rings is 3. The second kappa shape index (κ2) is 32.0. The molecule has 0 N–H and O–H groups in total. The van der Waals surface area contributed by atoms with Crippen molar-refractivity contribution < 1.29 is 41.8 Å². The van der Waals surface area contributed by atoms with Gasteiger partial charge in [0.1, 0.15) is 34.9 Å². The van der Waals surface area contributed by atoms with Gasteiger partial charge in [-0.15, -0.1) is 35.3 Å². The number of halogens is 3. The minimum atomic E-state index is -0.294. The third-order valence-corrected chi connectivity index (χ3v) is 30.5. The number of anilines is 3. The fraction of sp³-hybridized carbons (Fsp3) is 0.362. The zero-order valence-electron chi connectivity index (χ0n) is 69.9. The molecule has 9 aliphatic heterocycles. The van der Waals surface area contributed by atoms with Crippen LogP contribution in [-0.2, 0) is 48.2 Å². The summed E-state index contributed by atoms with van der Waals surface area (Å²) in [5, 5.41) is 6.46. The van der Waals surface area contributed by atoms with Crippen LogP contribution in [0.4, 0.5) is 30.6 Å². The lowest BCUT2D eigenvalue weighted by Gasteiger charge is -2.44. The van der Waals surface area contributed by atoms with E-state index in [0.717, 1.165) is 131 Å². The SMILES string of the molecule is C=CC(=O)N1CCN(c2nc(=O)n3c4c(c(-c5ccc(F)c6ccncc56)c(C)cc24)SCC2(COC2)C3)CC1.C=CC(=O)N1C[C@H](C)N(c2nc(=O)n3c4c(c(-c5ccc(F)c6ccncc56)c(C)cc24)SCC2(COC2)C3)C[C@H]1C.C=CC(=O)N1[C@H](C)CN(c2nc(=O)n3c4c(c(-c5ccc(F)c6ccncc56)c(C)cc24)SCC2(COC2)C3)C[C@@H]1C. The van der Waals surface area contributed by atoms with Gasteiger partial charge in [-0.2, -0.15) is 15.0 Å². The number of pyridine rings is 3. The van der Waals surface area contributed by atoms with Crippen molar-refractivity contribution in [2.45, 2.75) is 107 Å². The molecule has 124 heavy (non-hydrogen) atoms. The van der Waals surface area contributed by atoms with Crippen molar-refractivity contribution >= 4 is 135 Å².